The molecule has 5 heteroatoms. The molecule has 0 aliphatic rings. The van der Waals surface area contributed by atoms with Crippen molar-refractivity contribution in [1.29, 1.82) is 5.26 Å². The van der Waals surface area contributed by atoms with Crippen molar-refractivity contribution in [3.05, 3.63) is 70.8 Å². The summed E-state index contributed by atoms with van der Waals surface area (Å²) in [5.41, 5.74) is -0.785. The lowest BCUT2D eigenvalue weighted by Crippen LogP contribution is -2.10. The normalized spacial score (nSPS) is 11.0. The van der Waals surface area contributed by atoms with Crippen molar-refractivity contribution in [1.82, 2.24) is 0 Å². The van der Waals surface area contributed by atoms with Crippen molar-refractivity contribution in [2.75, 3.05) is 0 Å². The second kappa shape index (κ2) is 5.80. The fraction of sp³-hybridized carbons (Fsp3) is 0.125. The molecule has 0 amide bonds. The number of hydrogen-bond acceptors (Lipinski definition) is 2. The summed E-state index contributed by atoms with van der Waals surface area (Å²) < 4.78 is 38.5. The topological polar surface area (TPSA) is 40.9 Å². The lowest BCUT2D eigenvalue weighted by molar-refractivity contribution is -0.137. The Bertz CT molecular complexity index is 700. The first-order valence-electron chi connectivity index (χ1n) is 6.10. The lowest BCUT2D eigenvalue weighted by Gasteiger charge is -2.10. The molecule has 0 aliphatic carbocycles. The molecule has 106 valence electrons. The maximum absolute atomic E-state index is 12.8. The van der Waals surface area contributed by atoms with Crippen LogP contribution in [0.2, 0.25) is 0 Å². The molecule has 2 rings (SSSR count). The third kappa shape index (κ3) is 3.48. The average Bonchev–Trinajstić information content (AvgIpc) is 2.47. The Labute approximate surface area is 119 Å². The van der Waals surface area contributed by atoms with E-state index in [1.165, 1.54) is 12.1 Å². The van der Waals surface area contributed by atoms with Crippen molar-refractivity contribution in [3.63, 3.8) is 0 Å². The third-order valence-corrected chi connectivity index (χ3v) is 2.97. The van der Waals surface area contributed by atoms with Gasteiger partial charge in [0.15, 0.2) is 5.78 Å². The van der Waals surface area contributed by atoms with E-state index in [-0.39, 0.29) is 17.8 Å². The van der Waals surface area contributed by atoms with Crippen LogP contribution in [0.4, 0.5) is 13.2 Å². The van der Waals surface area contributed by atoms with Crippen LogP contribution in [0.3, 0.4) is 0 Å². The standard InChI is InChI=1S/C16H10F3NO/c17-16(18,19)14-8-11(6-7-13(14)10-20)9-15(21)12-4-2-1-3-5-12/h1-8H,9H2. The Morgan fingerprint density at radius 1 is 1.10 bits per heavy atom. The van der Waals surface area contributed by atoms with E-state index >= 15 is 0 Å². The van der Waals surface area contributed by atoms with Gasteiger partial charge in [0.2, 0.25) is 0 Å². The second-order valence-electron chi connectivity index (χ2n) is 4.46. The van der Waals surface area contributed by atoms with Crippen LogP contribution in [0, 0.1) is 11.3 Å². The zero-order valence-electron chi connectivity index (χ0n) is 10.8. The summed E-state index contributed by atoms with van der Waals surface area (Å²) >= 11 is 0. The van der Waals surface area contributed by atoms with Gasteiger partial charge in [0.05, 0.1) is 17.2 Å². The summed E-state index contributed by atoms with van der Waals surface area (Å²) in [6.07, 6.45) is -4.75. The van der Waals surface area contributed by atoms with Gasteiger partial charge in [0.25, 0.3) is 0 Å². The highest BCUT2D eigenvalue weighted by molar-refractivity contribution is 5.97. The first kappa shape index (κ1) is 14.8. The highest BCUT2D eigenvalue weighted by atomic mass is 19.4. The number of alkyl halides is 3. The number of hydrogen-bond donors (Lipinski definition) is 0. The number of nitriles is 1. The van der Waals surface area contributed by atoms with Crippen LogP contribution in [-0.4, -0.2) is 5.78 Å². The van der Waals surface area contributed by atoms with Gasteiger partial charge in [0.1, 0.15) is 0 Å². The van der Waals surface area contributed by atoms with E-state index in [9.17, 15) is 18.0 Å². The zero-order chi connectivity index (χ0) is 15.5. The Kier molecular flexibility index (Phi) is 4.08. The average molecular weight is 289 g/mol. The maximum atomic E-state index is 12.8. The maximum Gasteiger partial charge on any atom is 0.417 e. The van der Waals surface area contributed by atoms with E-state index in [0.29, 0.717) is 5.56 Å². The number of nitrogens with zero attached hydrogens (tertiary/aromatic N) is 1. The number of ketones is 1. The number of benzene rings is 2. The predicted molar refractivity (Wildman–Crippen MR) is 70.6 cm³/mol. The van der Waals surface area contributed by atoms with Crippen molar-refractivity contribution >= 4 is 5.78 Å². The Morgan fingerprint density at radius 2 is 1.76 bits per heavy atom. The van der Waals surface area contributed by atoms with E-state index in [4.69, 9.17) is 5.26 Å². The molecule has 0 saturated carbocycles. The molecule has 2 aromatic carbocycles. The minimum absolute atomic E-state index is 0.140. The van der Waals surface area contributed by atoms with Gasteiger partial charge in [-0.1, -0.05) is 36.4 Å². The SMILES string of the molecule is N#Cc1ccc(CC(=O)c2ccccc2)cc1C(F)(F)F. The fourth-order valence-corrected chi connectivity index (χ4v) is 1.94. The van der Waals surface area contributed by atoms with E-state index in [1.54, 1.807) is 30.3 Å². The number of halogens is 3. The Hall–Kier alpha value is -2.61. The highest BCUT2D eigenvalue weighted by Gasteiger charge is 2.33. The molecule has 0 bridgehead atoms. The first-order chi connectivity index (χ1) is 9.91. The van der Waals surface area contributed by atoms with Crippen LogP contribution in [0.25, 0.3) is 0 Å². The van der Waals surface area contributed by atoms with Gasteiger partial charge < -0.3 is 0 Å². The molecule has 0 N–H and O–H groups in total. The molecule has 21 heavy (non-hydrogen) atoms. The zero-order valence-corrected chi connectivity index (χ0v) is 10.8. The van der Waals surface area contributed by atoms with Crippen LogP contribution >= 0.6 is 0 Å². The van der Waals surface area contributed by atoms with Crippen LogP contribution in [0.5, 0.6) is 0 Å². The molecule has 0 radical (unpaired) electrons. The summed E-state index contributed by atoms with van der Waals surface area (Å²) in [7, 11) is 0. The molecular weight excluding hydrogens is 279 g/mol. The van der Waals surface area contributed by atoms with Crippen molar-refractivity contribution < 1.29 is 18.0 Å². The van der Waals surface area contributed by atoms with E-state index < -0.39 is 17.3 Å². The molecule has 0 aromatic heterocycles. The minimum atomic E-state index is -4.61. The number of carbonyl (C=O) groups excluding carboxylic acids is 1. The minimum Gasteiger partial charge on any atom is -0.294 e. The highest BCUT2D eigenvalue weighted by Crippen LogP contribution is 2.32. The van der Waals surface area contributed by atoms with Crippen LogP contribution in [-0.2, 0) is 12.6 Å². The number of Topliss-reactive ketones (excluding diaryl/α,β-unsaturated/α-hetero) is 1. The Morgan fingerprint density at radius 3 is 2.33 bits per heavy atom. The van der Waals surface area contributed by atoms with Gasteiger partial charge in [-0.25, -0.2) is 0 Å². The van der Waals surface area contributed by atoms with Gasteiger partial charge in [-0.3, -0.25) is 4.79 Å². The van der Waals surface area contributed by atoms with Crippen LogP contribution in [0.15, 0.2) is 48.5 Å². The molecule has 0 aliphatic heterocycles. The lowest BCUT2D eigenvalue weighted by atomic mass is 9.98. The monoisotopic (exact) mass is 289 g/mol. The molecule has 0 heterocycles. The van der Waals surface area contributed by atoms with Gasteiger partial charge >= 0.3 is 6.18 Å². The number of carbonyl (C=O) groups is 1. The molecular formula is C16H10F3NO. The van der Waals surface area contributed by atoms with Gasteiger partial charge in [0, 0.05) is 12.0 Å². The van der Waals surface area contributed by atoms with Gasteiger partial charge in [-0.2, -0.15) is 18.4 Å². The molecule has 0 unspecified atom stereocenters. The quantitative estimate of drug-likeness (QED) is 0.801. The van der Waals surface area contributed by atoms with Crippen LogP contribution in [0.1, 0.15) is 27.0 Å². The summed E-state index contributed by atoms with van der Waals surface area (Å²) in [4.78, 5) is 12.0. The summed E-state index contributed by atoms with van der Waals surface area (Å²) in [5.74, 6) is -0.270. The number of rotatable bonds is 3. The molecule has 0 spiro atoms. The van der Waals surface area contributed by atoms with Crippen LogP contribution < -0.4 is 0 Å². The fourth-order valence-electron chi connectivity index (χ4n) is 1.94. The van der Waals surface area contributed by atoms with Gasteiger partial charge in [-0.05, 0) is 17.7 Å². The molecule has 0 fully saturated rings. The van der Waals surface area contributed by atoms with E-state index in [0.717, 1.165) is 12.1 Å². The predicted octanol–water partition coefficient (Wildman–Crippen LogP) is 4.00. The van der Waals surface area contributed by atoms with E-state index in [2.05, 4.69) is 0 Å². The summed E-state index contributed by atoms with van der Waals surface area (Å²) in [6.45, 7) is 0. The summed E-state index contributed by atoms with van der Waals surface area (Å²) in [6, 6.07) is 13.2. The van der Waals surface area contributed by atoms with Gasteiger partial charge in [-0.15, -0.1) is 0 Å². The first-order valence-corrected chi connectivity index (χ1v) is 6.10. The smallest absolute Gasteiger partial charge is 0.294 e. The Balaban J connectivity index is 2.30. The molecule has 0 saturated heterocycles. The third-order valence-electron chi connectivity index (χ3n) is 2.97. The summed E-state index contributed by atoms with van der Waals surface area (Å²) in [5, 5.41) is 8.72. The second-order valence-corrected chi connectivity index (χ2v) is 4.46. The van der Waals surface area contributed by atoms with Crippen molar-refractivity contribution in [2.45, 2.75) is 12.6 Å². The molecule has 2 nitrogen and oxygen atoms in total. The van der Waals surface area contributed by atoms with E-state index in [1.807, 2.05) is 0 Å². The molecule has 0 atom stereocenters. The van der Waals surface area contributed by atoms with Crippen molar-refractivity contribution in [2.24, 2.45) is 0 Å². The van der Waals surface area contributed by atoms with Crippen molar-refractivity contribution in [3.8, 4) is 6.07 Å². The largest absolute Gasteiger partial charge is 0.417 e. The molecule has 2 aromatic rings.